The Balaban J connectivity index is 1.55. The van der Waals surface area contributed by atoms with E-state index in [4.69, 9.17) is 10.5 Å². The molecule has 1 fully saturated rings. The molecule has 0 atom stereocenters. The average molecular weight is 378 g/mol. The fourth-order valence-corrected chi connectivity index (χ4v) is 3.62. The van der Waals surface area contributed by atoms with Crippen molar-refractivity contribution in [2.24, 2.45) is 11.1 Å². The number of ether oxygens (including phenoxy) is 1. The van der Waals surface area contributed by atoms with Gasteiger partial charge in [0.15, 0.2) is 0 Å². The zero-order chi connectivity index (χ0) is 19.9. The van der Waals surface area contributed by atoms with Crippen molar-refractivity contribution < 1.29 is 14.3 Å². The molecule has 0 unspecified atom stereocenters. The first-order chi connectivity index (χ1) is 13.4. The van der Waals surface area contributed by atoms with Gasteiger partial charge in [0.25, 0.3) is 5.91 Å². The van der Waals surface area contributed by atoms with Gasteiger partial charge in [-0.3, -0.25) is 9.59 Å². The average Bonchev–Trinajstić information content (AvgIpc) is 3.07. The molecule has 7 nitrogen and oxygen atoms in total. The van der Waals surface area contributed by atoms with Crippen molar-refractivity contribution in [3.05, 3.63) is 59.9 Å². The summed E-state index contributed by atoms with van der Waals surface area (Å²) in [6, 6.07) is 13.3. The molecule has 1 aliphatic rings. The van der Waals surface area contributed by atoms with Crippen molar-refractivity contribution in [3.8, 4) is 5.75 Å². The third-order valence-electron chi connectivity index (χ3n) is 5.36. The standard InChI is InChI=1S/C21H22N4O3/c1-21(20(22)27)11-25(12-21)19(26)14-7-8-17-16(9-14)23-13-24(17)10-15-5-3-4-6-18(15)28-2/h3-9,13H,10-12H2,1-2H3,(H2,22,27). The van der Waals surface area contributed by atoms with Crippen LogP contribution in [0.5, 0.6) is 5.75 Å². The van der Waals surface area contributed by atoms with Crippen molar-refractivity contribution in [2.45, 2.75) is 13.5 Å². The van der Waals surface area contributed by atoms with E-state index in [9.17, 15) is 9.59 Å². The lowest BCUT2D eigenvalue weighted by Crippen LogP contribution is -2.62. The molecule has 0 radical (unpaired) electrons. The zero-order valence-electron chi connectivity index (χ0n) is 15.9. The van der Waals surface area contributed by atoms with Crippen molar-refractivity contribution >= 4 is 22.8 Å². The molecule has 2 aromatic carbocycles. The number of likely N-dealkylation sites (tertiary alicyclic amines) is 1. The second kappa shape index (κ2) is 6.67. The highest BCUT2D eigenvalue weighted by atomic mass is 16.5. The first-order valence-electron chi connectivity index (χ1n) is 9.07. The SMILES string of the molecule is COc1ccccc1Cn1cnc2cc(C(=O)N3CC(C)(C(N)=O)C3)ccc21. The maximum absolute atomic E-state index is 12.7. The molecular weight excluding hydrogens is 356 g/mol. The minimum atomic E-state index is -0.629. The van der Waals surface area contributed by atoms with E-state index < -0.39 is 5.41 Å². The minimum absolute atomic E-state index is 0.111. The largest absolute Gasteiger partial charge is 0.496 e. The number of nitrogens with zero attached hydrogens (tertiary/aromatic N) is 3. The van der Waals surface area contributed by atoms with Gasteiger partial charge in [-0.1, -0.05) is 18.2 Å². The third-order valence-corrected chi connectivity index (χ3v) is 5.36. The van der Waals surface area contributed by atoms with Gasteiger partial charge in [0, 0.05) is 24.2 Å². The highest BCUT2D eigenvalue weighted by Gasteiger charge is 2.46. The van der Waals surface area contributed by atoms with Crippen LogP contribution in [0.2, 0.25) is 0 Å². The number of nitrogens with two attached hydrogens (primary N) is 1. The number of fused-ring (bicyclic) bond motifs is 1. The van der Waals surface area contributed by atoms with Gasteiger partial charge in [-0.25, -0.2) is 4.98 Å². The first-order valence-corrected chi connectivity index (χ1v) is 9.07. The lowest BCUT2D eigenvalue weighted by atomic mass is 9.81. The van der Waals surface area contributed by atoms with Crippen LogP contribution in [-0.2, 0) is 11.3 Å². The predicted molar refractivity (Wildman–Crippen MR) is 105 cm³/mol. The summed E-state index contributed by atoms with van der Waals surface area (Å²) in [5, 5.41) is 0. The Morgan fingerprint density at radius 3 is 2.68 bits per heavy atom. The second-order valence-corrected chi connectivity index (χ2v) is 7.47. The Bertz CT molecular complexity index is 1070. The molecule has 28 heavy (non-hydrogen) atoms. The summed E-state index contributed by atoms with van der Waals surface area (Å²) >= 11 is 0. The highest BCUT2D eigenvalue weighted by Crippen LogP contribution is 2.31. The Morgan fingerprint density at radius 2 is 1.96 bits per heavy atom. The number of primary amides is 1. The van der Waals surface area contributed by atoms with Crippen LogP contribution >= 0.6 is 0 Å². The highest BCUT2D eigenvalue weighted by molar-refractivity contribution is 5.99. The number of carbonyl (C=O) groups excluding carboxylic acids is 2. The van der Waals surface area contributed by atoms with Gasteiger partial charge in [0.2, 0.25) is 5.91 Å². The molecule has 7 heteroatoms. The number of hydrogen-bond acceptors (Lipinski definition) is 4. The van der Waals surface area contributed by atoms with E-state index in [0.29, 0.717) is 25.2 Å². The first kappa shape index (κ1) is 18.0. The van der Waals surface area contributed by atoms with E-state index in [-0.39, 0.29) is 11.8 Å². The molecule has 1 aliphatic heterocycles. The number of para-hydroxylation sites is 1. The summed E-state index contributed by atoms with van der Waals surface area (Å²) in [5.41, 5.74) is 8.06. The van der Waals surface area contributed by atoms with E-state index in [2.05, 4.69) is 4.98 Å². The van der Waals surface area contributed by atoms with Crippen LogP contribution in [0.15, 0.2) is 48.8 Å². The fourth-order valence-electron chi connectivity index (χ4n) is 3.62. The monoisotopic (exact) mass is 378 g/mol. The summed E-state index contributed by atoms with van der Waals surface area (Å²) in [7, 11) is 1.65. The molecule has 4 rings (SSSR count). The number of benzene rings is 2. The van der Waals surface area contributed by atoms with Gasteiger partial charge in [-0.15, -0.1) is 0 Å². The van der Waals surface area contributed by atoms with E-state index in [1.54, 1.807) is 37.4 Å². The molecule has 144 valence electrons. The Labute approximate surface area is 162 Å². The molecular formula is C21H22N4O3. The second-order valence-electron chi connectivity index (χ2n) is 7.47. The maximum atomic E-state index is 12.7. The fraction of sp³-hybridized carbons (Fsp3) is 0.286. The third kappa shape index (κ3) is 2.98. The molecule has 2 amide bonds. The molecule has 0 saturated carbocycles. The van der Waals surface area contributed by atoms with Gasteiger partial charge < -0.3 is 19.9 Å². The maximum Gasteiger partial charge on any atom is 0.253 e. The molecule has 3 aromatic rings. The lowest BCUT2D eigenvalue weighted by Gasteiger charge is -2.45. The molecule has 2 heterocycles. The number of carbonyl (C=O) groups is 2. The van der Waals surface area contributed by atoms with Gasteiger partial charge in [-0.05, 0) is 31.2 Å². The van der Waals surface area contributed by atoms with Crippen molar-refractivity contribution in [1.82, 2.24) is 14.5 Å². The quantitative estimate of drug-likeness (QED) is 0.736. The van der Waals surface area contributed by atoms with Crippen LogP contribution in [0.25, 0.3) is 11.0 Å². The summed E-state index contributed by atoms with van der Waals surface area (Å²) in [6.45, 7) is 3.10. The Hall–Kier alpha value is -3.35. The van der Waals surface area contributed by atoms with Crippen molar-refractivity contribution in [1.29, 1.82) is 0 Å². The summed E-state index contributed by atoms with van der Waals surface area (Å²) < 4.78 is 7.44. The number of amides is 2. The minimum Gasteiger partial charge on any atom is -0.496 e. The Morgan fingerprint density at radius 1 is 1.21 bits per heavy atom. The molecule has 0 aliphatic carbocycles. The van der Waals surface area contributed by atoms with Crippen LogP contribution in [0.3, 0.4) is 0 Å². The Kier molecular flexibility index (Phi) is 4.30. The molecule has 1 aromatic heterocycles. The summed E-state index contributed by atoms with van der Waals surface area (Å²) in [5.74, 6) is 0.341. The van der Waals surface area contributed by atoms with Gasteiger partial charge >= 0.3 is 0 Å². The van der Waals surface area contributed by atoms with Crippen LogP contribution in [0.1, 0.15) is 22.8 Å². The smallest absolute Gasteiger partial charge is 0.253 e. The van der Waals surface area contributed by atoms with E-state index in [1.165, 1.54) is 0 Å². The van der Waals surface area contributed by atoms with Crippen molar-refractivity contribution in [3.63, 3.8) is 0 Å². The van der Waals surface area contributed by atoms with Crippen LogP contribution in [-0.4, -0.2) is 46.5 Å². The molecule has 1 saturated heterocycles. The molecule has 2 N–H and O–H groups in total. The predicted octanol–water partition coefficient (Wildman–Crippen LogP) is 2.04. The van der Waals surface area contributed by atoms with Crippen molar-refractivity contribution in [2.75, 3.05) is 20.2 Å². The number of rotatable bonds is 5. The number of hydrogen-bond donors (Lipinski definition) is 1. The van der Waals surface area contributed by atoms with Gasteiger partial charge in [0.05, 0.1) is 36.4 Å². The number of imidazole rings is 1. The van der Waals surface area contributed by atoms with E-state index in [1.807, 2.05) is 34.9 Å². The van der Waals surface area contributed by atoms with Gasteiger partial charge in [0.1, 0.15) is 5.75 Å². The summed E-state index contributed by atoms with van der Waals surface area (Å²) in [6.07, 6.45) is 1.76. The van der Waals surface area contributed by atoms with Crippen LogP contribution < -0.4 is 10.5 Å². The molecule has 0 bridgehead atoms. The number of aromatic nitrogens is 2. The normalized spacial score (nSPS) is 15.3. The van der Waals surface area contributed by atoms with E-state index >= 15 is 0 Å². The zero-order valence-corrected chi connectivity index (χ0v) is 15.9. The summed E-state index contributed by atoms with van der Waals surface area (Å²) in [4.78, 5) is 30.2. The van der Waals surface area contributed by atoms with Crippen LogP contribution in [0, 0.1) is 5.41 Å². The number of methoxy groups -OCH3 is 1. The molecule has 0 spiro atoms. The van der Waals surface area contributed by atoms with Crippen LogP contribution in [0.4, 0.5) is 0 Å². The van der Waals surface area contributed by atoms with E-state index in [0.717, 1.165) is 22.3 Å². The van der Waals surface area contributed by atoms with Gasteiger partial charge in [-0.2, -0.15) is 0 Å². The lowest BCUT2D eigenvalue weighted by molar-refractivity contribution is -0.134. The topological polar surface area (TPSA) is 90.5 Å².